The van der Waals surface area contributed by atoms with E-state index in [2.05, 4.69) is 66.5 Å². The summed E-state index contributed by atoms with van der Waals surface area (Å²) >= 11 is 0. The van der Waals surface area contributed by atoms with Crippen LogP contribution in [0.15, 0.2) is 42.5 Å². The topological polar surface area (TPSA) is 70.7 Å². The molecule has 41 heavy (non-hydrogen) atoms. The normalized spacial score (nSPS) is 20.9. The van der Waals surface area contributed by atoms with Crippen LogP contribution in [-0.2, 0) is 25.6 Å². The second kappa shape index (κ2) is 15.8. The van der Waals surface area contributed by atoms with E-state index in [4.69, 9.17) is 28.4 Å². The fourth-order valence-electron chi connectivity index (χ4n) is 5.80. The van der Waals surface area contributed by atoms with Crippen molar-refractivity contribution in [3.05, 3.63) is 53.6 Å². The first-order chi connectivity index (χ1) is 19.9. The smallest absolute Gasteiger partial charge is 0.142 e. The zero-order valence-corrected chi connectivity index (χ0v) is 25.7. The number of nitrogens with one attached hydrogen (secondary N) is 1. The van der Waals surface area contributed by atoms with E-state index in [9.17, 15) is 0 Å². The number of benzene rings is 2. The monoisotopic (exact) mass is 570 g/mol. The molecule has 0 saturated carbocycles. The summed E-state index contributed by atoms with van der Waals surface area (Å²) < 4.78 is 34.5. The van der Waals surface area contributed by atoms with Crippen LogP contribution in [0.1, 0.15) is 56.6 Å². The molecule has 0 amide bonds. The molecular weight excluding hydrogens is 520 g/mol. The van der Waals surface area contributed by atoms with E-state index in [0.29, 0.717) is 32.5 Å². The van der Waals surface area contributed by atoms with Crippen molar-refractivity contribution in [2.45, 2.75) is 69.8 Å². The molecule has 2 heterocycles. The maximum atomic E-state index is 6.66. The third-order valence-corrected chi connectivity index (χ3v) is 8.24. The van der Waals surface area contributed by atoms with Gasteiger partial charge in [-0.2, -0.15) is 0 Å². The minimum absolute atomic E-state index is 0.0655. The second-order valence-electron chi connectivity index (χ2n) is 11.7. The summed E-state index contributed by atoms with van der Waals surface area (Å²) in [5, 5.41) is 3.78. The highest BCUT2D eigenvalue weighted by Crippen LogP contribution is 2.36. The number of fused-ring (bicyclic) bond motifs is 1. The molecule has 1 fully saturated rings. The summed E-state index contributed by atoms with van der Waals surface area (Å²) in [6.45, 7) is 10.3. The van der Waals surface area contributed by atoms with Crippen LogP contribution in [0.25, 0.3) is 0 Å². The number of rotatable bonds is 16. The number of nitrogens with zero attached hydrogens (tertiary/aromatic N) is 1. The number of hydrogen-bond donors (Lipinski definition) is 1. The average molecular weight is 571 g/mol. The van der Waals surface area contributed by atoms with Gasteiger partial charge in [0.05, 0.1) is 50.9 Å². The van der Waals surface area contributed by atoms with E-state index in [1.807, 2.05) is 0 Å². The quantitative estimate of drug-likeness (QED) is 0.277. The SMILES string of the molecule is COCCCN1CCOc2ccc(CO[C@H]3CNC(CCC(C)(C)OCCOC)CC3c3ccc(OC)cc3)cc21. The number of methoxy groups -OCH3 is 3. The van der Waals surface area contributed by atoms with Gasteiger partial charge < -0.3 is 38.6 Å². The van der Waals surface area contributed by atoms with Crippen LogP contribution in [0.3, 0.4) is 0 Å². The van der Waals surface area contributed by atoms with Gasteiger partial charge in [-0.05, 0) is 74.9 Å². The van der Waals surface area contributed by atoms with Crippen molar-refractivity contribution >= 4 is 5.69 Å². The fraction of sp³-hybridized carbons (Fsp3) is 0.636. The molecular formula is C33H50N2O6. The van der Waals surface area contributed by atoms with Gasteiger partial charge in [0.25, 0.3) is 0 Å². The molecule has 0 aliphatic carbocycles. The Kier molecular flexibility index (Phi) is 12.1. The Bertz CT molecular complexity index is 1050. The van der Waals surface area contributed by atoms with Crippen LogP contribution in [0.5, 0.6) is 11.5 Å². The first-order valence-corrected chi connectivity index (χ1v) is 15.0. The van der Waals surface area contributed by atoms with Gasteiger partial charge in [-0.25, -0.2) is 0 Å². The lowest BCUT2D eigenvalue weighted by Crippen LogP contribution is -2.47. The molecule has 0 radical (unpaired) electrons. The summed E-state index contributed by atoms with van der Waals surface area (Å²) in [6.07, 6.45) is 4.09. The van der Waals surface area contributed by atoms with Crippen LogP contribution < -0.4 is 19.7 Å². The molecule has 2 aliphatic heterocycles. The van der Waals surface area contributed by atoms with Crippen molar-refractivity contribution in [2.75, 3.05) is 72.3 Å². The van der Waals surface area contributed by atoms with Gasteiger partial charge in [0, 0.05) is 45.9 Å². The molecule has 0 aromatic heterocycles. The molecule has 8 heteroatoms. The molecule has 3 atom stereocenters. The van der Waals surface area contributed by atoms with Gasteiger partial charge in [0.1, 0.15) is 18.1 Å². The lowest BCUT2D eigenvalue weighted by molar-refractivity contribution is -0.0484. The highest BCUT2D eigenvalue weighted by atomic mass is 16.5. The van der Waals surface area contributed by atoms with E-state index >= 15 is 0 Å². The first-order valence-electron chi connectivity index (χ1n) is 15.0. The Balaban J connectivity index is 1.41. The average Bonchev–Trinajstić information content (AvgIpc) is 2.99. The van der Waals surface area contributed by atoms with Gasteiger partial charge in [-0.3, -0.25) is 0 Å². The molecule has 2 aromatic rings. The predicted octanol–water partition coefficient (Wildman–Crippen LogP) is 5.18. The fourth-order valence-corrected chi connectivity index (χ4v) is 5.80. The standard InChI is InChI=1S/C33H50N2O6/c1-33(2,41-20-19-37-4)14-13-27-22-29(26-8-10-28(38-5)11-9-26)32(23-34-27)40-24-25-7-12-31-30(21-25)35(16-18-39-31)15-6-17-36-3/h7-12,21,27,29,32,34H,6,13-20,22-24H2,1-5H3/t27?,29?,32-/m0/s1. The molecule has 2 unspecified atom stereocenters. The van der Waals surface area contributed by atoms with Crippen LogP contribution >= 0.6 is 0 Å². The van der Waals surface area contributed by atoms with Crippen molar-refractivity contribution in [2.24, 2.45) is 0 Å². The van der Waals surface area contributed by atoms with Crippen LogP contribution in [-0.4, -0.2) is 85.1 Å². The minimum Gasteiger partial charge on any atom is -0.497 e. The number of piperidine rings is 1. The Labute approximate surface area is 246 Å². The van der Waals surface area contributed by atoms with Gasteiger partial charge in [-0.1, -0.05) is 18.2 Å². The van der Waals surface area contributed by atoms with Crippen molar-refractivity contribution in [1.82, 2.24) is 5.32 Å². The summed E-state index contributed by atoms with van der Waals surface area (Å²) in [7, 11) is 5.17. The minimum atomic E-state index is -0.184. The number of hydrogen-bond acceptors (Lipinski definition) is 8. The van der Waals surface area contributed by atoms with Crippen LogP contribution in [0, 0.1) is 0 Å². The lowest BCUT2D eigenvalue weighted by atomic mass is 9.82. The molecule has 0 bridgehead atoms. The summed E-state index contributed by atoms with van der Waals surface area (Å²) in [5.74, 6) is 2.11. The van der Waals surface area contributed by atoms with Gasteiger partial charge >= 0.3 is 0 Å². The number of anilines is 1. The zero-order chi connectivity index (χ0) is 29.1. The largest absolute Gasteiger partial charge is 0.497 e. The predicted molar refractivity (Wildman–Crippen MR) is 163 cm³/mol. The van der Waals surface area contributed by atoms with Crippen molar-refractivity contribution in [3.8, 4) is 11.5 Å². The van der Waals surface area contributed by atoms with Gasteiger partial charge in [-0.15, -0.1) is 0 Å². The molecule has 1 saturated heterocycles. The molecule has 228 valence electrons. The van der Waals surface area contributed by atoms with Crippen LogP contribution in [0.2, 0.25) is 0 Å². The maximum Gasteiger partial charge on any atom is 0.142 e. The van der Waals surface area contributed by atoms with E-state index in [1.54, 1.807) is 21.3 Å². The van der Waals surface area contributed by atoms with Gasteiger partial charge in [0.2, 0.25) is 0 Å². The molecule has 1 N–H and O–H groups in total. The van der Waals surface area contributed by atoms with E-state index in [-0.39, 0.29) is 17.6 Å². The highest BCUT2D eigenvalue weighted by Gasteiger charge is 2.33. The summed E-state index contributed by atoms with van der Waals surface area (Å²) in [4.78, 5) is 2.40. The zero-order valence-electron chi connectivity index (χ0n) is 25.7. The molecule has 4 rings (SSSR count). The third-order valence-electron chi connectivity index (χ3n) is 8.24. The summed E-state index contributed by atoms with van der Waals surface area (Å²) in [5.41, 5.74) is 3.42. The lowest BCUT2D eigenvalue weighted by Gasteiger charge is -2.38. The van der Waals surface area contributed by atoms with Crippen molar-refractivity contribution in [3.63, 3.8) is 0 Å². The highest BCUT2D eigenvalue weighted by molar-refractivity contribution is 5.61. The molecule has 2 aliphatic rings. The van der Waals surface area contributed by atoms with E-state index < -0.39 is 0 Å². The van der Waals surface area contributed by atoms with Crippen LogP contribution in [0.4, 0.5) is 5.69 Å². The van der Waals surface area contributed by atoms with Crippen molar-refractivity contribution < 1.29 is 28.4 Å². The van der Waals surface area contributed by atoms with E-state index in [1.165, 1.54) is 5.56 Å². The Morgan fingerprint density at radius 1 is 1.00 bits per heavy atom. The third kappa shape index (κ3) is 9.32. The van der Waals surface area contributed by atoms with E-state index in [0.717, 1.165) is 74.7 Å². The Morgan fingerprint density at radius 3 is 2.56 bits per heavy atom. The molecule has 2 aromatic carbocycles. The molecule has 8 nitrogen and oxygen atoms in total. The summed E-state index contributed by atoms with van der Waals surface area (Å²) in [6, 6.07) is 15.3. The number of ether oxygens (including phenoxy) is 6. The maximum absolute atomic E-state index is 6.66. The van der Waals surface area contributed by atoms with Crippen molar-refractivity contribution in [1.29, 1.82) is 0 Å². The first kappa shape index (κ1) is 31.6. The van der Waals surface area contributed by atoms with Gasteiger partial charge in [0.15, 0.2) is 0 Å². The Hall–Kier alpha value is -2.36. The Morgan fingerprint density at radius 2 is 1.80 bits per heavy atom. The molecule has 0 spiro atoms. The second-order valence-corrected chi connectivity index (χ2v) is 11.7.